The number of aliphatic hydroxyl groups is 1. The number of ether oxygens (including phenoxy) is 1. The lowest BCUT2D eigenvalue weighted by molar-refractivity contribution is 0.0955. The summed E-state index contributed by atoms with van der Waals surface area (Å²) in [5, 5.41) is 23.0. The van der Waals surface area contributed by atoms with Gasteiger partial charge in [0.25, 0.3) is 5.91 Å². The number of aliphatic hydroxyl groups excluding tert-OH is 1. The van der Waals surface area contributed by atoms with Crippen LogP contribution in [0.1, 0.15) is 27.2 Å². The summed E-state index contributed by atoms with van der Waals surface area (Å²) in [7, 11) is 1.54. The molecule has 2 rings (SSSR count). The monoisotopic (exact) mass is 315 g/mol. The van der Waals surface area contributed by atoms with Crippen molar-refractivity contribution >= 4 is 12.1 Å². The predicted octanol–water partition coefficient (Wildman–Crippen LogP) is 1.36. The summed E-state index contributed by atoms with van der Waals surface area (Å²) in [6.45, 7) is 1.33. The van der Waals surface area contributed by atoms with Crippen LogP contribution in [0.25, 0.3) is 0 Å². The van der Waals surface area contributed by atoms with Crippen LogP contribution in [0.2, 0.25) is 0 Å². The van der Waals surface area contributed by atoms with E-state index in [0.717, 1.165) is 0 Å². The van der Waals surface area contributed by atoms with Crippen molar-refractivity contribution in [1.29, 1.82) is 0 Å². The third-order valence-corrected chi connectivity index (χ3v) is 3.24. The van der Waals surface area contributed by atoms with Crippen molar-refractivity contribution in [3.8, 4) is 11.5 Å². The molecule has 0 atom stereocenters. The molecule has 0 aliphatic rings. The number of rotatable bonds is 5. The van der Waals surface area contributed by atoms with E-state index < -0.39 is 5.91 Å². The average Bonchev–Trinajstić information content (AvgIpc) is 2.58. The predicted molar refractivity (Wildman–Crippen MR) is 84.6 cm³/mol. The fraction of sp³-hybridized carbons (Fsp3) is 0.188. The maximum absolute atomic E-state index is 12.0. The highest BCUT2D eigenvalue weighted by atomic mass is 16.5. The van der Waals surface area contributed by atoms with Crippen molar-refractivity contribution in [2.75, 3.05) is 7.11 Å². The van der Waals surface area contributed by atoms with Gasteiger partial charge in [0.2, 0.25) is 0 Å². The van der Waals surface area contributed by atoms with Gasteiger partial charge in [-0.2, -0.15) is 5.10 Å². The molecule has 0 unspecified atom stereocenters. The summed E-state index contributed by atoms with van der Waals surface area (Å²) in [6, 6.07) is 6.55. The summed E-state index contributed by atoms with van der Waals surface area (Å²) >= 11 is 0. The molecule has 0 saturated heterocycles. The number of nitrogens with zero attached hydrogens (tertiary/aromatic N) is 2. The van der Waals surface area contributed by atoms with Crippen LogP contribution < -0.4 is 10.2 Å². The highest BCUT2D eigenvalue weighted by Crippen LogP contribution is 2.21. The summed E-state index contributed by atoms with van der Waals surface area (Å²) in [5.41, 5.74) is 3.91. The molecule has 2 aromatic rings. The second-order valence-electron chi connectivity index (χ2n) is 4.72. The molecule has 23 heavy (non-hydrogen) atoms. The van der Waals surface area contributed by atoms with Gasteiger partial charge >= 0.3 is 0 Å². The van der Waals surface area contributed by atoms with Gasteiger partial charge in [0.1, 0.15) is 11.5 Å². The number of carbonyl (C=O) groups excluding carboxylic acids is 1. The minimum absolute atomic E-state index is 0.0843. The largest absolute Gasteiger partial charge is 0.505 e. The van der Waals surface area contributed by atoms with Crippen LogP contribution in [-0.2, 0) is 6.61 Å². The summed E-state index contributed by atoms with van der Waals surface area (Å²) in [5.74, 6) is 0.161. The Morgan fingerprint density at radius 2 is 2.09 bits per heavy atom. The Bertz CT molecular complexity index is 727. The molecule has 0 fully saturated rings. The normalized spacial score (nSPS) is 10.7. The Labute approximate surface area is 133 Å². The van der Waals surface area contributed by atoms with Crippen molar-refractivity contribution in [3.05, 3.63) is 52.8 Å². The quantitative estimate of drug-likeness (QED) is 0.571. The molecule has 1 aromatic carbocycles. The smallest absolute Gasteiger partial charge is 0.271 e. The van der Waals surface area contributed by atoms with E-state index in [1.807, 2.05) is 0 Å². The fourth-order valence-electron chi connectivity index (χ4n) is 1.88. The number of hydrazone groups is 1. The Hall–Kier alpha value is -2.93. The van der Waals surface area contributed by atoms with E-state index in [4.69, 9.17) is 4.74 Å². The van der Waals surface area contributed by atoms with E-state index in [2.05, 4.69) is 15.5 Å². The van der Waals surface area contributed by atoms with E-state index in [0.29, 0.717) is 28.1 Å². The molecule has 0 radical (unpaired) electrons. The highest BCUT2D eigenvalue weighted by Gasteiger charge is 2.10. The number of hydrogen-bond acceptors (Lipinski definition) is 6. The van der Waals surface area contributed by atoms with Crippen LogP contribution in [0.3, 0.4) is 0 Å². The molecule has 1 amide bonds. The van der Waals surface area contributed by atoms with Crippen molar-refractivity contribution in [1.82, 2.24) is 10.4 Å². The van der Waals surface area contributed by atoms with Gasteiger partial charge in [-0.1, -0.05) is 0 Å². The van der Waals surface area contributed by atoms with Gasteiger partial charge in [-0.3, -0.25) is 9.78 Å². The number of aryl methyl sites for hydroxylation is 1. The molecule has 3 N–H and O–H groups in total. The first-order valence-corrected chi connectivity index (χ1v) is 6.82. The van der Waals surface area contributed by atoms with Gasteiger partial charge < -0.3 is 14.9 Å². The maximum Gasteiger partial charge on any atom is 0.271 e. The second kappa shape index (κ2) is 7.37. The fourth-order valence-corrected chi connectivity index (χ4v) is 1.88. The molecular weight excluding hydrogens is 298 g/mol. The standard InChI is InChI=1S/C16H17N3O4/c1-10-15(21)14(12(9-20)7-17-10)8-18-19-16(22)11-3-5-13(23-2)6-4-11/h3-8,20-21H,9H2,1-2H3,(H,19,22). The number of carbonyl (C=O) groups is 1. The SMILES string of the molecule is COc1ccc(C(=O)NN=Cc2c(CO)cnc(C)c2O)cc1. The molecule has 7 heteroatoms. The van der Waals surface area contributed by atoms with E-state index in [9.17, 15) is 15.0 Å². The molecule has 0 aliphatic carbocycles. The minimum Gasteiger partial charge on any atom is -0.505 e. The molecule has 0 saturated carbocycles. The first kappa shape index (κ1) is 16.4. The zero-order chi connectivity index (χ0) is 16.8. The molecule has 120 valence electrons. The molecule has 0 aliphatic heterocycles. The number of pyridine rings is 1. The molecule has 1 heterocycles. The lowest BCUT2D eigenvalue weighted by Gasteiger charge is -2.07. The third kappa shape index (κ3) is 3.83. The lowest BCUT2D eigenvalue weighted by Crippen LogP contribution is -2.17. The summed E-state index contributed by atoms with van der Waals surface area (Å²) in [6.07, 6.45) is 2.72. The first-order chi connectivity index (χ1) is 11.1. The number of benzene rings is 1. The zero-order valence-electron chi connectivity index (χ0n) is 12.8. The highest BCUT2D eigenvalue weighted by molar-refractivity contribution is 5.95. The van der Waals surface area contributed by atoms with E-state index in [-0.39, 0.29) is 12.4 Å². The van der Waals surface area contributed by atoms with Crippen LogP contribution in [0.5, 0.6) is 11.5 Å². The summed E-state index contributed by atoms with van der Waals surface area (Å²) in [4.78, 5) is 15.9. The Morgan fingerprint density at radius 3 is 2.70 bits per heavy atom. The van der Waals surface area contributed by atoms with E-state index in [1.165, 1.54) is 12.4 Å². The van der Waals surface area contributed by atoms with Crippen molar-refractivity contribution in [3.63, 3.8) is 0 Å². The first-order valence-electron chi connectivity index (χ1n) is 6.82. The van der Waals surface area contributed by atoms with Gasteiger partial charge in [0.05, 0.1) is 25.6 Å². The molecule has 0 bridgehead atoms. The molecule has 1 aromatic heterocycles. The molecule has 0 spiro atoms. The number of nitrogens with one attached hydrogen (secondary N) is 1. The van der Waals surface area contributed by atoms with Crippen molar-refractivity contribution in [2.24, 2.45) is 5.10 Å². The molecule has 7 nitrogen and oxygen atoms in total. The third-order valence-electron chi connectivity index (χ3n) is 3.24. The number of methoxy groups -OCH3 is 1. The van der Waals surface area contributed by atoms with Crippen LogP contribution in [-0.4, -0.2) is 34.4 Å². The van der Waals surface area contributed by atoms with Gasteiger partial charge in [-0.15, -0.1) is 0 Å². The van der Waals surface area contributed by atoms with Gasteiger partial charge in [0.15, 0.2) is 0 Å². The van der Waals surface area contributed by atoms with Crippen LogP contribution in [0.4, 0.5) is 0 Å². The molecular formula is C16H17N3O4. The van der Waals surface area contributed by atoms with Crippen molar-refractivity contribution in [2.45, 2.75) is 13.5 Å². The van der Waals surface area contributed by atoms with Crippen LogP contribution in [0, 0.1) is 6.92 Å². The topological polar surface area (TPSA) is 104 Å². The van der Waals surface area contributed by atoms with Gasteiger partial charge in [-0.05, 0) is 31.2 Å². The van der Waals surface area contributed by atoms with E-state index >= 15 is 0 Å². The van der Waals surface area contributed by atoms with Crippen LogP contribution >= 0.6 is 0 Å². The Balaban J connectivity index is 2.12. The van der Waals surface area contributed by atoms with Crippen molar-refractivity contribution < 1.29 is 19.7 Å². The second-order valence-corrected chi connectivity index (χ2v) is 4.72. The summed E-state index contributed by atoms with van der Waals surface area (Å²) < 4.78 is 5.02. The minimum atomic E-state index is -0.403. The average molecular weight is 315 g/mol. The van der Waals surface area contributed by atoms with Gasteiger partial charge in [0, 0.05) is 22.9 Å². The maximum atomic E-state index is 12.0. The number of hydrogen-bond donors (Lipinski definition) is 3. The van der Waals surface area contributed by atoms with E-state index in [1.54, 1.807) is 38.3 Å². The van der Waals surface area contributed by atoms with Gasteiger partial charge in [-0.25, -0.2) is 5.43 Å². The number of aromatic nitrogens is 1. The number of aromatic hydroxyl groups is 1. The Kier molecular flexibility index (Phi) is 5.27. The van der Waals surface area contributed by atoms with Crippen LogP contribution in [0.15, 0.2) is 35.6 Å². The number of amides is 1. The Morgan fingerprint density at radius 1 is 1.39 bits per heavy atom. The lowest BCUT2D eigenvalue weighted by atomic mass is 10.1. The zero-order valence-corrected chi connectivity index (χ0v) is 12.8.